The first-order valence-electron chi connectivity index (χ1n) is 13.6. The summed E-state index contributed by atoms with van der Waals surface area (Å²) in [6.07, 6.45) is 5.38. The van der Waals surface area contributed by atoms with Crippen molar-refractivity contribution in [3.63, 3.8) is 0 Å². The zero-order valence-corrected chi connectivity index (χ0v) is 22.3. The molecule has 1 fully saturated rings. The molecule has 0 saturated carbocycles. The van der Waals surface area contributed by atoms with Gasteiger partial charge in [-0.3, -0.25) is 14.5 Å². The van der Waals surface area contributed by atoms with Crippen LogP contribution in [0.4, 0.5) is 10.1 Å². The molecular weight excluding hydrogens is 469 g/mol. The van der Waals surface area contributed by atoms with Crippen molar-refractivity contribution < 1.29 is 18.7 Å². The van der Waals surface area contributed by atoms with E-state index in [0.29, 0.717) is 19.6 Å². The highest BCUT2D eigenvalue weighted by Crippen LogP contribution is 2.27. The molecule has 0 spiro atoms. The Morgan fingerprint density at radius 1 is 0.919 bits per heavy atom. The molecule has 200 valence electrons. The lowest BCUT2D eigenvalue weighted by atomic mass is 10.0. The van der Waals surface area contributed by atoms with Gasteiger partial charge in [0.2, 0.25) is 11.8 Å². The highest BCUT2D eigenvalue weighted by Gasteiger charge is 2.22. The molecule has 2 aromatic rings. The van der Waals surface area contributed by atoms with Crippen molar-refractivity contribution in [2.45, 2.75) is 65.5 Å². The van der Waals surface area contributed by atoms with Crippen LogP contribution in [0.5, 0.6) is 0 Å². The highest BCUT2D eigenvalue weighted by molar-refractivity contribution is 5.92. The number of hydrogen-bond acceptors (Lipinski definition) is 4. The number of nitrogens with zero attached hydrogens (tertiary/aromatic N) is 3. The van der Waals surface area contributed by atoms with Crippen LogP contribution < -0.4 is 4.90 Å². The monoisotopic (exact) mass is 509 g/mol. The second kappa shape index (κ2) is 13.2. The number of aryl methyl sites for hydroxylation is 1. The van der Waals surface area contributed by atoms with Crippen LogP contribution in [0.2, 0.25) is 0 Å². The van der Waals surface area contributed by atoms with Crippen LogP contribution in [0.15, 0.2) is 36.4 Å². The predicted molar refractivity (Wildman–Crippen MR) is 144 cm³/mol. The first-order valence-corrected chi connectivity index (χ1v) is 13.6. The molecule has 7 heteroatoms. The van der Waals surface area contributed by atoms with Gasteiger partial charge in [-0.1, -0.05) is 37.5 Å². The lowest BCUT2D eigenvalue weighted by Gasteiger charge is -2.31. The van der Waals surface area contributed by atoms with E-state index in [0.717, 1.165) is 87.3 Å². The van der Waals surface area contributed by atoms with Crippen LogP contribution in [-0.4, -0.2) is 61.0 Å². The zero-order valence-electron chi connectivity index (χ0n) is 22.3. The molecule has 2 amide bonds. The summed E-state index contributed by atoms with van der Waals surface area (Å²) >= 11 is 0. The summed E-state index contributed by atoms with van der Waals surface area (Å²) < 4.78 is 19.1. The van der Waals surface area contributed by atoms with Crippen LogP contribution in [0.1, 0.15) is 61.3 Å². The first kappa shape index (κ1) is 27.3. The average molecular weight is 510 g/mol. The molecular formula is C30H40FN3O3. The fourth-order valence-corrected chi connectivity index (χ4v) is 5.29. The summed E-state index contributed by atoms with van der Waals surface area (Å²) in [7, 11) is 0. The van der Waals surface area contributed by atoms with Gasteiger partial charge in [-0.25, -0.2) is 4.39 Å². The van der Waals surface area contributed by atoms with Crippen LogP contribution in [-0.2, 0) is 33.8 Å². The number of rotatable bonds is 4. The number of carbonyl (C=O) groups excluding carboxylic acids is 2. The number of carbonyl (C=O) groups is 2. The SMILES string of the molecule is CC(=O)N1CCCCCCCN(C(=O)Cc2ccc(F)cc2C)Cc2ccc(CN3CCOCC3)cc21. The number of halogens is 1. The van der Waals surface area contributed by atoms with Gasteiger partial charge in [0, 0.05) is 51.9 Å². The Balaban J connectivity index is 1.62. The third kappa shape index (κ3) is 7.62. The maximum absolute atomic E-state index is 13.6. The van der Waals surface area contributed by atoms with E-state index in [-0.39, 0.29) is 24.1 Å². The lowest BCUT2D eigenvalue weighted by molar-refractivity contribution is -0.131. The predicted octanol–water partition coefficient (Wildman–Crippen LogP) is 4.85. The number of fused-ring (bicyclic) bond motifs is 1. The Hall–Kier alpha value is -2.77. The fourth-order valence-electron chi connectivity index (χ4n) is 5.29. The standard InChI is InChI=1S/C30H40FN3O3/c1-23-18-28(31)11-10-26(23)20-30(36)33-12-6-4-3-5-7-13-34(24(2)35)29-19-25(8-9-27(29)22-33)21-32-14-16-37-17-15-32/h8-11,18-19H,3-7,12-17,20-22H2,1-2H3. The van der Waals surface area contributed by atoms with Crippen molar-refractivity contribution in [1.82, 2.24) is 9.80 Å². The molecule has 0 aliphatic carbocycles. The van der Waals surface area contributed by atoms with E-state index in [4.69, 9.17) is 4.74 Å². The number of ether oxygens (including phenoxy) is 1. The molecule has 2 aliphatic rings. The minimum absolute atomic E-state index is 0.0293. The van der Waals surface area contributed by atoms with Crippen molar-refractivity contribution in [2.24, 2.45) is 0 Å². The van der Waals surface area contributed by atoms with Crippen molar-refractivity contribution in [3.8, 4) is 0 Å². The molecule has 2 aromatic carbocycles. The largest absolute Gasteiger partial charge is 0.379 e. The second-order valence-corrected chi connectivity index (χ2v) is 10.4. The number of benzene rings is 2. The zero-order chi connectivity index (χ0) is 26.2. The van der Waals surface area contributed by atoms with Gasteiger partial charge >= 0.3 is 0 Å². The summed E-state index contributed by atoms with van der Waals surface area (Å²) in [5.74, 6) is -0.225. The Labute approximate surface area is 220 Å². The quantitative estimate of drug-likeness (QED) is 0.591. The molecule has 0 unspecified atom stereocenters. The number of anilines is 1. The van der Waals surface area contributed by atoms with Crippen LogP contribution in [0.3, 0.4) is 0 Å². The molecule has 4 rings (SSSR count). The molecule has 2 aliphatic heterocycles. The van der Waals surface area contributed by atoms with E-state index in [1.165, 1.54) is 17.7 Å². The van der Waals surface area contributed by atoms with Gasteiger partial charge in [-0.2, -0.15) is 0 Å². The number of morpholine rings is 1. The van der Waals surface area contributed by atoms with Crippen LogP contribution >= 0.6 is 0 Å². The molecule has 1 saturated heterocycles. The Kier molecular flexibility index (Phi) is 9.69. The van der Waals surface area contributed by atoms with E-state index in [1.807, 2.05) is 16.7 Å². The molecule has 2 heterocycles. The van der Waals surface area contributed by atoms with Crippen molar-refractivity contribution in [1.29, 1.82) is 0 Å². The maximum atomic E-state index is 13.6. The maximum Gasteiger partial charge on any atom is 0.227 e. The Morgan fingerprint density at radius 3 is 2.38 bits per heavy atom. The number of amides is 2. The molecule has 0 radical (unpaired) electrons. The smallest absolute Gasteiger partial charge is 0.227 e. The van der Waals surface area contributed by atoms with Crippen molar-refractivity contribution in [2.75, 3.05) is 44.3 Å². The summed E-state index contributed by atoms with van der Waals surface area (Å²) in [5, 5.41) is 0. The molecule has 37 heavy (non-hydrogen) atoms. The van der Waals surface area contributed by atoms with Gasteiger partial charge in [0.15, 0.2) is 0 Å². The first-order chi connectivity index (χ1) is 17.9. The normalized spacial score (nSPS) is 18.0. The molecule has 0 N–H and O–H groups in total. The highest BCUT2D eigenvalue weighted by atomic mass is 19.1. The fraction of sp³-hybridized carbons (Fsp3) is 0.533. The Morgan fingerprint density at radius 2 is 1.65 bits per heavy atom. The number of hydrogen-bond donors (Lipinski definition) is 0. The Bertz CT molecular complexity index is 1080. The second-order valence-electron chi connectivity index (χ2n) is 10.4. The van der Waals surface area contributed by atoms with Crippen LogP contribution in [0.25, 0.3) is 0 Å². The van der Waals surface area contributed by atoms with Crippen molar-refractivity contribution >= 4 is 17.5 Å². The van der Waals surface area contributed by atoms with Gasteiger partial charge in [0.1, 0.15) is 5.82 Å². The van der Waals surface area contributed by atoms with Gasteiger partial charge in [0.05, 0.1) is 19.6 Å². The molecule has 0 bridgehead atoms. The van der Waals surface area contributed by atoms with E-state index in [1.54, 1.807) is 13.0 Å². The third-order valence-corrected chi connectivity index (χ3v) is 7.50. The molecule has 6 nitrogen and oxygen atoms in total. The van der Waals surface area contributed by atoms with E-state index >= 15 is 0 Å². The van der Waals surface area contributed by atoms with E-state index in [2.05, 4.69) is 23.1 Å². The lowest BCUT2D eigenvalue weighted by Crippen LogP contribution is -2.36. The van der Waals surface area contributed by atoms with Gasteiger partial charge < -0.3 is 14.5 Å². The summed E-state index contributed by atoms with van der Waals surface area (Å²) in [6.45, 7) is 9.40. The van der Waals surface area contributed by atoms with Crippen LogP contribution in [0, 0.1) is 12.7 Å². The van der Waals surface area contributed by atoms with Gasteiger partial charge in [0.25, 0.3) is 0 Å². The summed E-state index contributed by atoms with van der Waals surface area (Å²) in [4.78, 5) is 32.5. The van der Waals surface area contributed by atoms with Crippen molar-refractivity contribution in [3.05, 3.63) is 64.5 Å². The minimum Gasteiger partial charge on any atom is -0.379 e. The topological polar surface area (TPSA) is 53.1 Å². The molecule has 0 aromatic heterocycles. The van der Waals surface area contributed by atoms with E-state index in [9.17, 15) is 14.0 Å². The molecule has 0 atom stereocenters. The van der Waals surface area contributed by atoms with Gasteiger partial charge in [-0.05, 0) is 60.2 Å². The average Bonchev–Trinajstić information content (AvgIpc) is 2.87. The third-order valence-electron chi connectivity index (χ3n) is 7.50. The minimum atomic E-state index is -0.286. The summed E-state index contributed by atoms with van der Waals surface area (Å²) in [5.41, 5.74) is 4.71. The van der Waals surface area contributed by atoms with E-state index < -0.39 is 0 Å². The summed E-state index contributed by atoms with van der Waals surface area (Å²) in [6, 6.07) is 11.0. The van der Waals surface area contributed by atoms with Gasteiger partial charge in [-0.15, -0.1) is 0 Å².